The van der Waals surface area contributed by atoms with E-state index >= 15 is 0 Å². The highest BCUT2D eigenvalue weighted by molar-refractivity contribution is 5.86. The van der Waals surface area contributed by atoms with E-state index < -0.39 is 12.0 Å². The van der Waals surface area contributed by atoms with Crippen molar-refractivity contribution in [3.63, 3.8) is 0 Å². The molecule has 0 spiro atoms. The van der Waals surface area contributed by atoms with Crippen LogP contribution in [0.1, 0.15) is 39.5 Å². The Balaban J connectivity index is 1.85. The lowest BCUT2D eigenvalue weighted by Gasteiger charge is -2.32. The number of carboxylic acid groups (broad SMARTS) is 1. The third-order valence-electron chi connectivity index (χ3n) is 4.40. The summed E-state index contributed by atoms with van der Waals surface area (Å²) in [6.07, 6.45) is 3.16. The summed E-state index contributed by atoms with van der Waals surface area (Å²) in [5, 5.41) is 14.7. The third-order valence-corrected chi connectivity index (χ3v) is 4.40. The fourth-order valence-electron chi connectivity index (χ4n) is 2.86. The van der Waals surface area contributed by atoms with Crippen molar-refractivity contribution in [1.29, 1.82) is 0 Å². The highest BCUT2D eigenvalue weighted by Gasteiger charge is 2.39. The van der Waals surface area contributed by atoms with Crippen LogP contribution in [0.2, 0.25) is 0 Å². The molecule has 2 fully saturated rings. The maximum absolute atomic E-state index is 12.3. The first kappa shape index (κ1) is 17.6. The van der Waals surface area contributed by atoms with Gasteiger partial charge in [-0.2, -0.15) is 0 Å². The molecule has 2 atom stereocenters. The minimum atomic E-state index is -0.969. The molecule has 130 valence electrons. The summed E-state index contributed by atoms with van der Waals surface area (Å²) in [6, 6.07) is -0.930. The van der Waals surface area contributed by atoms with Crippen molar-refractivity contribution < 1.29 is 19.5 Å². The van der Waals surface area contributed by atoms with Crippen LogP contribution in [0, 0.1) is 17.8 Å². The molecule has 3 N–H and O–H groups in total. The van der Waals surface area contributed by atoms with Crippen LogP contribution in [0.15, 0.2) is 0 Å². The van der Waals surface area contributed by atoms with Gasteiger partial charge in [-0.3, -0.25) is 4.79 Å². The number of amides is 3. The summed E-state index contributed by atoms with van der Waals surface area (Å²) >= 11 is 0. The van der Waals surface area contributed by atoms with Crippen molar-refractivity contribution >= 4 is 17.9 Å². The lowest BCUT2D eigenvalue weighted by Crippen LogP contribution is -2.52. The van der Waals surface area contributed by atoms with Gasteiger partial charge in [0.15, 0.2) is 0 Å². The van der Waals surface area contributed by atoms with Crippen LogP contribution in [0.25, 0.3) is 0 Å². The molecule has 23 heavy (non-hydrogen) atoms. The van der Waals surface area contributed by atoms with E-state index in [-0.39, 0.29) is 23.8 Å². The molecule has 7 heteroatoms. The van der Waals surface area contributed by atoms with Crippen molar-refractivity contribution in [1.82, 2.24) is 15.5 Å². The number of piperidine rings is 1. The molecule has 0 bridgehead atoms. The number of aliphatic carboxylic acids is 1. The molecule has 1 aliphatic heterocycles. The second-order valence-corrected chi connectivity index (χ2v) is 7.03. The first-order chi connectivity index (χ1) is 10.9. The normalized spacial score (nSPS) is 22.6. The van der Waals surface area contributed by atoms with E-state index in [9.17, 15) is 19.5 Å². The fraction of sp³-hybridized carbons (Fsp3) is 0.812. The second kappa shape index (κ2) is 7.66. The predicted octanol–water partition coefficient (Wildman–Crippen LogP) is 1.04. The van der Waals surface area contributed by atoms with Crippen LogP contribution in [-0.2, 0) is 9.59 Å². The van der Waals surface area contributed by atoms with Crippen LogP contribution >= 0.6 is 0 Å². The van der Waals surface area contributed by atoms with Gasteiger partial charge < -0.3 is 20.6 Å². The number of hydrogen-bond donors (Lipinski definition) is 3. The summed E-state index contributed by atoms with van der Waals surface area (Å²) in [7, 11) is 0. The first-order valence-electron chi connectivity index (χ1n) is 8.44. The summed E-state index contributed by atoms with van der Waals surface area (Å²) in [6.45, 7) is 5.65. The number of carbonyl (C=O) groups excluding carboxylic acids is 2. The van der Waals surface area contributed by atoms with Gasteiger partial charge in [-0.1, -0.05) is 13.8 Å². The standard InChI is InChI=1S/C16H27N3O4/c1-10(2)8-17-16(23)19-7-3-4-12(9-19)14(20)18-13(15(21)22)11-5-6-11/h10-13H,3-9H2,1-2H3,(H,17,23)(H,18,20)(H,21,22). The summed E-state index contributed by atoms with van der Waals surface area (Å²) in [5.41, 5.74) is 0. The average molecular weight is 325 g/mol. The Labute approximate surface area is 136 Å². The van der Waals surface area contributed by atoms with Crippen LogP contribution in [0.3, 0.4) is 0 Å². The van der Waals surface area contributed by atoms with E-state index in [4.69, 9.17) is 0 Å². The van der Waals surface area contributed by atoms with Crippen molar-refractivity contribution in [3.8, 4) is 0 Å². The lowest BCUT2D eigenvalue weighted by molar-refractivity contribution is -0.143. The molecule has 7 nitrogen and oxygen atoms in total. The van der Waals surface area contributed by atoms with E-state index in [1.807, 2.05) is 13.8 Å². The topological polar surface area (TPSA) is 98.7 Å². The predicted molar refractivity (Wildman–Crippen MR) is 84.8 cm³/mol. The Hall–Kier alpha value is -1.79. The van der Waals surface area contributed by atoms with Crippen molar-refractivity contribution in [3.05, 3.63) is 0 Å². The largest absolute Gasteiger partial charge is 0.480 e. The van der Waals surface area contributed by atoms with Crippen LogP contribution in [0.4, 0.5) is 4.79 Å². The molecule has 1 saturated heterocycles. The summed E-state index contributed by atoms with van der Waals surface area (Å²) < 4.78 is 0. The zero-order valence-corrected chi connectivity index (χ0v) is 13.9. The van der Waals surface area contributed by atoms with E-state index in [0.29, 0.717) is 32.0 Å². The van der Waals surface area contributed by atoms with Gasteiger partial charge in [0.25, 0.3) is 0 Å². The number of likely N-dealkylation sites (tertiary alicyclic amines) is 1. The van der Waals surface area contributed by atoms with Crippen molar-refractivity contribution in [2.24, 2.45) is 17.8 Å². The maximum Gasteiger partial charge on any atom is 0.326 e. The number of carbonyl (C=O) groups is 3. The Morgan fingerprint density at radius 1 is 1.22 bits per heavy atom. The zero-order valence-electron chi connectivity index (χ0n) is 13.9. The molecular formula is C16H27N3O4. The Morgan fingerprint density at radius 3 is 2.48 bits per heavy atom. The Bertz CT molecular complexity index is 462. The SMILES string of the molecule is CC(C)CNC(=O)N1CCCC(C(=O)NC(C(=O)O)C2CC2)C1. The highest BCUT2D eigenvalue weighted by Crippen LogP contribution is 2.33. The molecule has 1 heterocycles. The smallest absolute Gasteiger partial charge is 0.326 e. The summed E-state index contributed by atoms with van der Waals surface area (Å²) in [4.78, 5) is 37.3. The van der Waals surface area contributed by atoms with Gasteiger partial charge in [0.1, 0.15) is 6.04 Å². The minimum absolute atomic E-state index is 0.0606. The second-order valence-electron chi connectivity index (χ2n) is 7.03. The monoisotopic (exact) mass is 325 g/mol. The summed E-state index contributed by atoms with van der Waals surface area (Å²) in [5.74, 6) is -1.11. The average Bonchev–Trinajstić information content (AvgIpc) is 3.34. The molecule has 3 amide bonds. The van der Waals surface area contributed by atoms with Crippen molar-refractivity contribution in [2.75, 3.05) is 19.6 Å². The number of hydrogen-bond acceptors (Lipinski definition) is 3. The molecule has 2 unspecified atom stereocenters. The van der Waals surface area contributed by atoms with Crippen LogP contribution in [-0.4, -0.2) is 53.6 Å². The molecule has 2 aliphatic rings. The molecule has 1 saturated carbocycles. The van der Waals surface area contributed by atoms with E-state index in [1.165, 1.54) is 0 Å². The van der Waals surface area contributed by atoms with E-state index in [1.54, 1.807) is 4.90 Å². The van der Waals surface area contributed by atoms with Gasteiger partial charge in [-0.15, -0.1) is 0 Å². The zero-order chi connectivity index (χ0) is 17.0. The Kier molecular flexibility index (Phi) is 5.85. The number of rotatable bonds is 6. The lowest BCUT2D eigenvalue weighted by atomic mass is 9.96. The molecule has 0 aromatic heterocycles. The van der Waals surface area contributed by atoms with E-state index in [2.05, 4.69) is 10.6 Å². The van der Waals surface area contributed by atoms with Gasteiger partial charge in [-0.25, -0.2) is 9.59 Å². The van der Waals surface area contributed by atoms with Gasteiger partial charge in [-0.05, 0) is 37.5 Å². The van der Waals surface area contributed by atoms with Gasteiger partial charge in [0.05, 0.1) is 5.92 Å². The molecule has 0 aromatic rings. The quantitative estimate of drug-likeness (QED) is 0.679. The number of carboxylic acids is 1. The fourth-order valence-corrected chi connectivity index (χ4v) is 2.86. The maximum atomic E-state index is 12.3. The number of nitrogens with zero attached hydrogens (tertiary/aromatic N) is 1. The highest BCUT2D eigenvalue weighted by atomic mass is 16.4. The number of nitrogens with one attached hydrogen (secondary N) is 2. The number of urea groups is 1. The van der Waals surface area contributed by atoms with Crippen molar-refractivity contribution in [2.45, 2.75) is 45.6 Å². The van der Waals surface area contributed by atoms with Crippen LogP contribution < -0.4 is 10.6 Å². The van der Waals surface area contributed by atoms with E-state index in [0.717, 1.165) is 19.3 Å². The third kappa shape index (κ3) is 5.11. The molecule has 1 aliphatic carbocycles. The van der Waals surface area contributed by atoms with Gasteiger partial charge in [0, 0.05) is 19.6 Å². The molecule has 0 aromatic carbocycles. The van der Waals surface area contributed by atoms with Gasteiger partial charge in [0.2, 0.25) is 5.91 Å². The van der Waals surface area contributed by atoms with Gasteiger partial charge >= 0.3 is 12.0 Å². The Morgan fingerprint density at radius 2 is 1.91 bits per heavy atom. The minimum Gasteiger partial charge on any atom is -0.480 e. The molecule has 0 radical (unpaired) electrons. The molecule has 2 rings (SSSR count). The first-order valence-corrected chi connectivity index (χ1v) is 8.44. The van der Waals surface area contributed by atoms with Crippen LogP contribution in [0.5, 0.6) is 0 Å². The molecular weight excluding hydrogens is 298 g/mol.